The fourth-order valence-electron chi connectivity index (χ4n) is 3.29. The maximum absolute atomic E-state index is 9.65. The number of hydrogen-bond donors (Lipinski definition) is 1. The van der Waals surface area contributed by atoms with Gasteiger partial charge in [-0.15, -0.1) is 0 Å². The minimum atomic E-state index is -0.340. The lowest BCUT2D eigenvalue weighted by Crippen LogP contribution is -2.57. The van der Waals surface area contributed by atoms with E-state index >= 15 is 0 Å². The van der Waals surface area contributed by atoms with Gasteiger partial charge in [0.15, 0.2) is 0 Å². The molecule has 1 saturated heterocycles. The van der Waals surface area contributed by atoms with Gasteiger partial charge < -0.3 is 4.74 Å². The number of rotatable bonds is 6. The molecule has 1 saturated carbocycles. The maximum Gasteiger partial charge on any atom is 0.122 e. The molecule has 1 heterocycles. The molecular weight excluding hydrogens is 238 g/mol. The van der Waals surface area contributed by atoms with Gasteiger partial charge >= 0.3 is 0 Å². The Morgan fingerprint density at radius 3 is 2.68 bits per heavy atom. The van der Waals surface area contributed by atoms with Crippen LogP contribution in [0, 0.1) is 23.2 Å². The summed E-state index contributed by atoms with van der Waals surface area (Å²) in [4.78, 5) is 2.42. The molecule has 0 aromatic rings. The van der Waals surface area contributed by atoms with Gasteiger partial charge in [-0.05, 0) is 44.2 Å². The van der Waals surface area contributed by atoms with Crippen LogP contribution in [0.5, 0.6) is 0 Å². The first-order valence-corrected chi connectivity index (χ1v) is 7.56. The summed E-state index contributed by atoms with van der Waals surface area (Å²) in [5, 5.41) is 13.1. The lowest BCUT2D eigenvalue weighted by Gasteiger charge is -2.40. The zero-order chi connectivity index (χ0) is 13.9. The highest BCUT2D eigenvalue weighted by Crippen LogP contribution is 2.40. The number of likely N-dealkylation sites (N-methyl/N-ethyl adjacent to an activating group) is 1. The van der Waals surface area contributed by atoms with Crippen molar-refractivity contribution in [3.8, 4) is 6.07 Å². The number of nitrogens with zero attached hydrogens (tertiary/aromatic N) is 2. The van der Waals surface area contributed by atoms with E-state index in [0.717, 1.165) is 32.6 Å². The number of methoxy groups -OCH3 is 1. The molecule has 0 bridgehead atoms. The van der Waals surface area contributed by atoms with Gasteiger partial charge in [0.2, 0.25) is 0 Å². The molecule has 108 valence electrons. The Kier molecular flexibility index (Phi) is 4.83. The molecule has 2 rings (SSSR count). The number of likely N-dealkylation sites (tertiary alicyclic amines) is 1. The van der Waals surface area contributed by atoms with Gasteiger partial charge in [-0.25, -0.2) is 0 Å². The molecular formula is C15H27N3O. The molecule has 3 atom stereocenters. The van der Waals surface area contributed by atoms with Crippen LogP contribution in [0.25, 0.3) is 0 Å². The molecule has 3 unspecified atom stereocenters. The van der Waals surface area contributed by atoms with Crippen LogP contribution in [0.3, 0.4) is 0 Å². The lowest BCUT2D eigenvalue weighted by molar-refractivity contribution is -0.0113. The van der Waals surface area contributed by atoms with Crippen molar-refractivity contribution in [2.45, 2.75) is 44.8 Å². The van der Waals surface area contributed by atoms with Crippen molar-refractivity contribution in [3.05, 3.63) is 0 Å². The smallest absolute Gasteiger partial charge is 0.122 e. The van der Waals surface area contributed by atoms with Gasteiger partial charge in [0.25, 0.3) is 0 Å². The van der Waals surface area contributed by atoms with Crippen LogP contribution in [-0.2, 0) is 4.74 Å². The van der Waals surface area contributed by atoms with Gasteiger partial charge in [-0.1, -0.05) is 13.8 Å². The van der Waals surface area contributed by atoms with Crippen molar-refractivity contribution in [2.75, 3.05) is 33.3 Å². The highest BCUT2D eigenvalue weighted by molar-refractivity contribution is 5.16. The van der Waals surface area contributed by atoms with Crippen LogP contribution < -0.4 is 5.32 Å². The number of piperidine rings is 1. The van der Waals surface area contributed by atoms with Crippen molar-refractivity contribution in [2.24, 2.45) is 11.8 Å². The van der Waals surface area contributed by atoms with E-state index in [9.17, 15) is 5.26 Å². The predicted molar refractivity (Wildman–Crippen MR) is 75.8 cm³/mol. The maximum atomic E-state index is 9.65. The normalized spacial score (nSPS) is 31.7. The van der Waals surface area contributed by atoms with E-state index in [2.05, 4.69) is 30.1 Å². The molecule has 2 fully saturated rings. The highest BCUT2D eigenvalue weighted by atomic mass is 16.5. The largest absolute Gasteiger partial charge is 0.380 e. The first-order valence-electron chi connectivity index (χ1n) is 7.56. The van der Waals surface area contributed by atoms with Crippen molar-refractivity contribution in [3.63, 3.8) is 0 Å². The summed E-state index contributed by atoms with van der Waals surface area (Å²) in [6.45, 7) is 8.09. The molecule has 1 N–H and O–H groups in total. The van der Waals surface area contributed by atoms with E-state index < -0.39 is 0 Å². The van der Waals surface area contributed by atoms with Crippen LogP contribution in [-0.4, -0.2) is 49.8 Å². The van der Waals surface area contributed by atoms with E-state index in [0.29, 0.717) is 17.9 Å². The molecule has 4 heteroatoms. The molecule has 4 nitrogen and oxygen atoms in total. The molecule has 2 aliphatic rings. The summed E-state index contributed by atoms with van der Waals surface area (Å²) < 4.78 is 5.57. The summed E-state index contributed by atoms with van der Waals surface area (Å²) in [6, 6.07) is 2.58. The van der Waals surface area contributed by atoms with E-state index in [1.165, 1.54) is 12.8 Å². The molecule has 1 aliphatic carbocycles. The third kappa shape index (κ3) is 3.28. The van der Waals surface area contributed by atoms with Crippen LogP contribution >= 0.6 is 0 Å². The Labute approximate surface area is 117 Å². The predicted octanol–water partition coefficient (Wildman–Crippen LogP) is 1.63. The zero-order valence-electron chi connectivity index (χ0n) is 12.5. The molecule has 0 aromatic heterocycles. The van der Waals surface area contributed by atoms with Crippen molar-refractivity contribution >= 4 is 0 Å². The molecule has 0 aromatic carbocycles. The quantitative estimate of drug-likeness (QED) is 0.793. The van der Waals surface area contributed by atoms with E-state index in [1.54, 1.807) is 7.11 Å². The minimum Gasteiger partial charge on any atom is -0.380 e. The zero-order valence-corrected chi connectivity index (χ0v) is 12.5. The summed E-state index contributed by atoms with van der Waals surface area (Å²) >= 11 is 0. The van der Waals surface area contributed by atoms with Crippen LogP contribution in [0.15, 0.2) is 0 Å². The average molecular weight is 265 g/mol. The summed E-state index contributed by atoms with van der Waals surface area (Å²) in [7, 11) is 1.80. The first kappa shape index (κ1) is 14.8. The van der Waals surface area contributed by atoms with Crippen molar-refractivity contribution < 1.29 is 4.74 Å². The minimum absolute atomic E-state index is 0.311. The van der Waals surface area contributed by atoms with Gasteiger partial charge in [0.1, 0.15) is 5.54 Å². The summed E-state index contributed by atoms with van der Waals surface area (Å²) in [5.74, 6) is 1.16. The number of nitrogens with one attached hydrogen (secondary N) is 1. The molecule has 0 amide bonds. The second-order valence-electron chi connectivity index (χ2n) is 6.16. The number of nitriles is 1. The van der Waals surface area contributed by atoms with Gasteiger partial charge in [0.05, 0.1) is 12.2 Å². The fraction of sp³-hybridized carbons (Fsp3) is 0.933. The van der Waals surface area contributed by atoms with Crippen LogP contribution in [0.2, 0.25) is 0 Å². The fourth-order valence-corrected chi connectivity index (χ4v) is 3.29. The Morgan fingerprint density at radius 1 is 1.42 bits per heavy atom. The number of ether oxygens (including phenoxy) is 1. The molecule has 0 spiro atoms. The Morgan fingerprint density at radius 2 is 2.16 bits per heavy atom. The third-order valence-corrected chi connectivity index (χ3v) is 4.72. The third-order valence-electron chi connectivity index (χ3n) is 4.72. The highest BCUT2D eigenvalue weighted by Gasteiger charge is 2.46. The van der Waals surface area contributed by atoms with Gasteiger partial charge in [0, 0.05) is 20.2 Å². The lowest BCUT2D eigenvalue weighted by atomic mass is 9.90. The monoisotopic (exact) mass is 265 g/mol. The molecule has 0 radical (unpaired) electrons. The number of hydrogen-bond acceptors (Lipinski definition) is 4. The average Bonchev–Trinajstić information content (AvgIpc) is 3.25. The topological polar surface area (TPSA) is 48.3 Å². The molecule has 19 heavy (non-hydrogen) atoms. The van der Waals surface area contributed by atoms with E-state index in [-0.39, 0.29) is 5.54 Å². The van der Waals surface area contributed by atoms with E-state index in [1.807, 2.05) is 0 Å². The summed E-state index contributed by atoms with van der Waals surface area (Å²) in [5.41, 5.74) is -0.340. The second kappa shape index (κ2) is 6.21. The van der Waals surface area contributed by atoms with E-state index in [4.69, 9.17) is 4.74 Å². The van der Waals surface area contributed by atoms with Crippen LogP contribution in [0.1, 0.15) is 33.1 Å². The van der Waals surface area contributed by atoms with Crippen molar-refractivity contribution in [1.29, 1.82) is 5.26 Å². The summed E-state index contributed by atoms with van der Waals surface area (Å²) in [6.07, 6.45) is 3.86. The van der Waals surface area contributed by atoms with Gasteiger partial charge in [-0.2, -0.15) is 5.26 Å². The van der Waals surface area contributed by atoms with Crippen LogP contribution in [0.4, 0.5) is 0 Å². The Balaban J connectivity index is 1.99. The second-order valence-corrected chi connectivity index (χ2v) is 6.16. The van der Waals surface area contributed by atoms with Gasteiger partial charge in [-0.3, -0.25) is 10.2 Å². The Bertz CT molecular complexity index is 337. The Hall–Kier alpha value is -0.630. The standard InChI is InChI=1S/C15H27N3O/c1-4-17-15(10-16,13-5-6-13)11-18-8-7-12(2)14(9-18)19-3/h12-14,17H,4-9,11H2,1-3H3. The first-order chi connectivity index (χ1) is 9.15. The SMILES string of the molecule is CCNC(C#N)(CN1CCC(C)C(OC)C1)C1CC1. The molecule has 1 aliphatic heterocycles. The van der Waals surface area contributed by atoms with Crippen molar-refractivity contribution in [1.82, 2.24) is 10.2 Å².